The second-order valence-corrected chi connectivity index (χ2v) is 10.2. The van der Waals surface area contributed by atoms with E-state index in [1.165, 1.54) is 0 Å². The van der Waals surface area contributed by atoms with E-state index in [-0.39, 0.29) is 23.7 Å². The van der Waals surface area contributed by atoms with Gasteiger partial charge < -0.3 is 18.9 Å². The third-order valence-electron chi connectivity index (χ3n) is 5.97. The van der Waals surface area contributed by atoms with E-state index in [1.807, 2.05) is 41.6 Å². The molecule has 3 aromatic rings. The predicted octanol–water partition coefficient (Wildman–Crippen LogP) is 4.06. The topological polar surface area (TPSA) is 61.5 Å². The van der Waals surface area contributed by atoms with Crippen LogP contribution in [0.3, 0.4) is 0 Å². The minimum Gasteiger partial charge on any atom is -0.483 e. The number of nitrogens with zero attached hydrogens (tertiary/aromatic N) is 4. The number of ether oxygens (including phenoxy) is 2. The minimum atomic E-state index is -0.253. The molecule has 7 nitrogen and oxygen atoms in total. The molecule has 5 rings (SSSR count). The van der Waals surface area contributed by atoms with Crippen molar-refractivity contribution in [3.05, 3.63) is 59.5 Å². The maximum absolute atomic E-state index is 13.0. The number of hydrogen-bond donors (Lipinski definition) is 0. The van der Waals surface area contributed by atoms with Crippen LogP contribution in [0.1, 0.15) is 51.4 Å². The Labute approximate surface area is 188 Å². The number of aromatic nitrogens is 3. The van der Waals surface area contributed by atoms with Gasteiger partial charge in [-0.15, -0.1) is 0 Å². The highest BCUT2D eigenvalue weighted by molar-refractivity contribution is 5.78. The number of fused-ring (bicyclic) bond motifs is 2. The fraction of sp³-hybridized carbons (Fsp3) is 0.440. The first kappa shape index (κ1) is 20.7. The number of carbonyl (C=O) groups is 1. The third kappa shape index (κ3) is 3.55. The van der Waals surface area contributed by atoms with Gasteiger partial charge in [0.05, 0.1) is 24.3 Å². The molecular weight excluding hydrogens is 404 g/mol. The molecule has 0 fully saturated rings. The lowest BCUT2D eigenvalue weighted by Gasteiger charge is -2.24. The van der Waals surface area contributed by atoms with Crippen LogP contribution in [0.4, 0.5) is 0 Å². The van der Waals surface area contributed by atoms with Crippen molar-refractivity contribution >= 4 is 5.91 Å². The summed E-state index contributed by atoms with van der Waals surface area (Å²) in [6, 6.07) is 9.87. The molecule has 0 unspecified atom stereocenters. The van der Waals surface area contributed by atoms with E-state index >= 15 is 0 Å². The van der Waals surface area contributed by atoms with Crippen LogP contribution in [0.5, 0.6) is 11.5 Å². The van der Waals surface area contributed by atoms with Gasteiger partial charge in [0.2, 0.25) is 0 Å². The van der Waals surface area contributed by atoms with E-state index in [0.717, 1.165) is 34.8 Å². The lowest BCUT2D eigenvalue weighted by Crippen LogP contribution is -2.32. The molecule has 168 valence electrons. The van der Waals surface area contributed by atoms with E-state index in [9.17, 15) is 4.79 Å². The van der Waals surface area contributed by atoms with Crippen LogP contribution in [0, 0.1) is 0 Å². The summed E-state index contributed by atoms with van der Waals surface area (Å²) in [6.07, 6.45) is 4.87. The van der Waals surface area contributed by atoms with Gasteiger partial charge in [-0.1, -0.05) is 12.1 Å². The van der Waals surface area contributed by atoms with Crippen LogP contribution >= 0.6 is 0 Å². The number of hydrogen-bond acceptors (Lipinski definition) is 4. The summed E-state index contributed by atoms with van der Waals surface area (Å²) in [5.41, 5.74) is 2.74. The molecule has 0 aliphatic carbocycles. The summed E-state index contributed by atoms with van der Waals surface area (Å²) in [5.74, 6) is 2.35. The molecule has 4 heterocycles. The minimum absolute atomic E-state index is 0.0252. The molecule has 0 N–H and O–H groups in total. The lowest BCUT2D eigenvalue weighted by molar-refractivity contribution is -0.134. The normalized spacial score (nSPS) is 16.6. The van der Waals surface area contributed by atoms with Crippen molar-refractivity contribution in [1.29, 1.82) is 0 Å². The van der Waals surface area contributed by atoms with Gasteiger partial charge in [0, 0.05) is 29.9 Å². The second-order valence-electron chi connectivity index (χ2n) is 10.2. The van der Waals surface area contributed by atoms with E-state index in [1.54, 1.807) is 0 Å². The van der Waals surface area contributed by atoms with Gasteiger partial charge >= 0.3 is 0 Å². The fourth-order valence-corrected chi connectivity index (χ4v) is 4.52. The van der Waals surface area contributed by atoms with Crippen molar-refractivity contribution in [2.45, 2.75) is 65.3 Å². The largest absolute Gasteiger partial charge is 0.483 e. The van der Waals surface area contributed by atoms with Crippen LogP contribution in [-0.4, -0.2) is 37.4 Å². The Morgan fingerprint density at radius 3 is 2.62 bits per heavy atom. The maximum atomic E-state index is 13.0. The summed E-state index contributed by atoms with van der Waals surface area (Å²) in [5, 5.41) is 4.87. The number of rotatable bonds is 4. The zero-order valence-corrected chi connectivity index (χ0v) is 19.4. The number of benzene rings is 1. The van der Waals surface area contributed by atoms with Crippen LogP contribution in [0.25, 0.3) is 5.82 Å². The van der Waals surface area contributed by atoms with Crippen molar-refractivity contribution in [2.24, 2.45) is 0 Å². The average Bonchev–Trinajstić information content (AvgIpc) is 3.45. The number of para-hydroxylation sites is 1. The molecule has 0 saturated carbocycles. The Morgan fingerprint density at radius 2 is 1.91 bits per heavy atom. The zero-order valence-electron chi connectivity index (χ0n) is 19.4. The Balaban J connectivity index is 1.32. The highest BCUT2D eigenvalue weighted by Crippen LogP contribution is 2.41. The summed E-state index contributed by atoms with van der Waals surface area (Å²) in [4.78, 5) is 14.8. The molecule has 32 heavy (non-hydrogen) atoms. The molecule has 1 aromatic carbocycles. The Kier molecular flexibility index (Phi) is 4.62. The predicted molar refractivity (Wildman–Crippen MR) is 121 cm³/mol. The van der Waals surface area contributed by atoms with Crippen molar-refractivity contribution < 1.29 is 14.3 Å². The number of amides is 1. The quantitative estimate of drug-likeness (QED) is 0.621. The van der Waals surface area contributed by atoms with Gasteiger partial charge in [-0.3, -0.25) is 4.79 Å². The lowest BCUT2D eigenvalue weighted by atomic mass is 10.0. The van der Waals surface area contributed by atoms with Crippen molar-refractivity contribution in [3.63, 3.8) is 0 Å². The molecule has 1 amide bonds. The van der Waals surface area contributed by atoms with Gasteiger partial charge in [-0.25, -0.2) is 4.68 Å². The summed E-state index contributed by atoms with van der Waals surface area (Å²) < 4.78 is 16.1. The van der Waals surface area contributed by atoms with Gasteiger partial charge in [-0.2, -0.15) is 5.10 Å². The molecule has 0 atom stereocenters. The summed E-state index contributed by atoms with van der Waals surface area (Å²) in [6.45, 7) is 11.5. The molecule has 7 heteroatoms. The van der Waals surface area contributed by atoms with Gasteiger partial charge in [-0.05, 0) is 52.8 Å². The fourth-order valence-electron chi connectivity index (χ4n) is 4.52. The van der Waals surface area contributed by atoms with Crippen LogP contribution in [-0.2, 0) is 29.8 Å². The molecule has 0 bridgehead atoms. The monoisotopic (exact) mass is 434 g/mol. The Hall–Kier alpha value is -3.22. The first-order valence-corrected chi connectivity index (χ1v) is 11.1. The smallest absolute Gasteiger partial charge is 0.261 e. The van der Waals surface area contributed by atoms with Crippen molar-refractivity contribution in [3.8, 4) is 17.3 Å². The molecule has 2 aromatic heterocycles. The van der Waals surface area contributed by atoms with E-state index in [4.69, 9.17) is 14.6 Å². The maximum Gasteiger partial charge on any atom is 0.261 e. The van der Waals surface area contributed by atoms with Gasteiger partial charge in [0.15, 0.2) is 18.1 Å². The second kappa shape index (κ2) is 7.15. The van der Waals surface area contributed by atoms with E-state index < -0.39 is 0 Å². The molecule has 0 radical (unpaired) electrons. The SMILES string of the molecule is CC1(C)Cc2cccc(OCC(=O)N3Cc4nn(C(C)(C)C)c(-n5cccc5)c4C3)c2O1. The molecule has 0 saturated heterocycles. The Bertz CT molecular complexity index is 1170. The van der Waals surface area contributed by atoms with Crippen molar-refractivity contribution in [2.75, 3.05) is 6.61 Å². The third-order valence-corrected chi connectivity index (χ3v) is 5.97. The highest BCUT2D eigenvalue weighted by Gasteiger charge is 2.35. The number of carbonyl (C=O) groups excluding carboxylic acids is 1. The van der Waals surface area contributed by atoms with Gasteiger partial charge in [0.25, 0.3) is 5.91 Å². The zero-order chi connectivity index (χ0) is 22.7. The average molecular weight is 435 g/mol. The first-order chi connectivity index (χ1) is 15.1. The molecule has 2 aliphatic rings. The first-order valence-electron chi connectivity index (χ1n) is 11.1. The van der Waals surface area contributed by atoms with Crippen LogP contribution < -0.4 is 9.47 Å². The van der Waals surface area contributed by atoms with Gasteiger partial charge in [0.1, 0.15) is 11.4 Å². The summed E-state index contributed by atoms with van der Waals surface area (Å²) >= 11 is 0. The molecule has 0 spiro atoms. The molecular formula is C25H30N4O3. The van der Waals surface area contributed by atoms with E-state index in [0.29, 0.717) is 18.8 Å². The standard InChI is InChI=1S/C25H30N4O3/c1-24(2,3)29-23(27-11-6-7-12-27)18-14-28(15-19(18)26-29)21(30)16-31-20-10-8-9-17-13-25(4,5)32-22(17)20/h6-12H,13-16H2,1-5H3. The van der Waals surface area contributed by atoms with Crippen molar-refractivity contribution in [1.82, 2.24) is 19.2 Å². The highest BCUT2D eigenvalue weighted by atomic mass is 16.5. The Morgan fingerprint density at radius 1 is 1.16 bits per heavy atom. The molecule has 2 aliphatic heterocycles. The van der Waals surface area contributed by atoms with Crippen LogP contribution in [0.15, 0.2) is 42.7 Å². The van der Waals surface area contributed by atoms with E-state index in [2.05, 4.69) is 49.9 Å². The van der Waals surface area contributed by atoms with Crippen LogP contribution in [0.2, 0.25) is 0 Å². The summed E-state index contributed by atoms with van der Waals surface area (Å²) in [7, 11) is 0.